The van der Waals surface area contributed by atoms with Crippen LogP contribution in [0.5, 0.6) is 0 Å². The number of benzene rings is 1. The Balaban J connectivity index is 1.86. The number of aromatic nitrogens is 1. The van der Waals surface area contributed by atoms with Gasteiger partial charge in [0.15, 0.2) is 5.96 Å². The van der Waals surface area contributed by atoms with E-state index in [-0.39, 0.29) is 5.69 Å². The van der Waals surface area contributed by atoms with Gasteiger partial charge in [0.1, 0.15) is 5.01 Å². The maximum absolute atomic E-state index is 10.6. The Bertz CT molecular complexity index is 690. The molecule has 0 saturated heterocycles. The summed E-state index contributed by atoms with van der Waals surface area (Å²) in [6, 6.07) is 6.45. The summed E-state index contributed by atoms with van der Waals surface area (Å²) >= 11 is 1.67. The van der Waals surface area contributed by atoms with Crippen LogP contribution in [-0.2, 0) is 13.1 Å². The van der Waals surface area contributed by atoms with E-state index in [4.69, 9.17) is 0 Å². The average molecular weight is 333 g/mol. The first kappa shape index (κ1) is 16.9. The van der Waals surface area contributed by atoms with Crippen LogP contribution in [0.3, 0.4) is 0 Å². The Labute approximate surface area is 138 Å². The molecule has 2 N–H and O–H groups in total. The molecule has 1 heterocycles. The van der Waals surface area contributed by atoms with Crippen LogP contribution in [0.1, 0.15) is 21.1 Å². The van der Waals surface area contributed by atoms with E-state index >= 15 is 0 Å². The highest BCUT2D eigenvalue weighted by molar-refractivity contribution is 7.11. The van der Waals surface area contributed by atoms with E-state index in [2.05, 4.69) is 27.5 Å². The molecule has 122 valence electrons. The van der Waals surface area contributed by atoms with Crippen molar-refractivity contribution in [1.82, 2.24) is 15.6 Å². The molecule has 2 rings (SSSR count). The predicted molar refractivity (Wildman–Crippen MR) is 91.7 cm³/mol. The van der Waals surface area contributed by atoms with Gasteiger partial charge in [-0.05, 0) is 19.4 Å². The number of hydrogen-bond acceptors (Lipinski definition) is 5. The van der Waals surface area contributed by atoms with E-state index in [0.29, 0.717) is 19.0 Å². The zero-order chi connectivity index (χ0) is 16.8. The Morgan fingerprint density at radius 1 is 1.26 bits per heavy atom. The number of nitro benzene ring substituents is 1. The maximum atomic E-state index is 10.6. The second-order valence-corrected chi connectivity index (χ2v) is 6.24. The number of aliphatic imine (C=N–C) groups is 1. The third kappa shape index (κ3) is 4.75. The number of thiazole rings is 1. The zero-order valence-corrected chi connectivity index (χ0v) is 14.1. The lowest BCUT2D eigenvalue weighted by atomic mass is 10.2. The fourth-order valence-electron chi connectivity index (χ4n) is 1.92. The maximum Gasteiger partial charge on any atom is 0.269 e. The molecule has 0 radical (unpaired) electrons. The molecule has 0 bridgehead atoms. The SMILES string of the molecule is CN=C(NCc1ccc([N+](=O)[O-])cc1)NCc1nc(C)c(C)s1. The molecule has 1 aromatic heterocycles. The van der Waals surface area contributed by atoms with Gasteiger partial charge in [0.25, 0.3) is 5.69 Å². The normalized spacial score (nSPS) is 11.3. The number of guanidine groups is 1. The molecule has 0 aliphatic rings. The lowest BCUT2D eigenvalue weighted by molar-refractivity contribution is -0.384. The summed E-state index contributed by atoms with van der Waals surface area (Å²) in [6.45, 7) is 5.20. The Hall–Kier alpha value is -2.48. The first-order valence-electron chi connectivity index (χ1n) is 7.10. The molecule has 0 fully saturated rings. The highest BCUT2D eigenvalue weighted by Gasteiger charge is 2.06. The summed E-state index contributed by atoms with van der Waals surface area (Å²) in [7, 11) is 1.70. The molecule has 0 spiro atoms. The van der Waals surface area contributed by atoms with E-state index in [1.165, 1.54) is 17.0 Å². The summed E-state index contributed by atoms with van der Waals surface area (Å²) in [6.07, 6.45) is 0. The first-order valence-corrected chi connectivity index (χ1v) is 7.92. The van der Waals surface area contributed by atoms with Gasteiger partial charge in [0.05, 0.1) is 17.2 Å². The van der Waals surface area contributed by atoms with Gasteiger partial charge in [0.2, 0.25) is 0 Å². The van der Waals surface area contributed by atoms with Gasteiger partial charge in [-0.15, -0.1) is 11.3 Å². The summed E-state index contributed by atoms with van der Waals surface area (Å²) in [5.74, 6) is 0.661. The summed E-state index contributed by atoms with van der Waals surface area (Å²) < 4.78 is 0. The van der Waals surface area contributed by atoms with Crippen molar-refractivity contribution in [3.63, 3.8) is 0 Å². The van der Waals surface area contributed by atoms with Gasteiger partial charge >= 0.3 is 0 Å². The summed E-state index contributed by atoms with van der Waals surface area (Å²) in [4.78, 5) is 20.1. The predicted octanol–water partition coefficient (Wildman–Crippen LogP) is 2.53. The molecule has 0 aliphatic heterocycles. The van der Waals surface area contributed by atoms with Crippen molar-refractivity contribution in [3.8, 4) is 0 Å². The van der Waals surface area contributed by atoms with Crippen LogP contribution < -0.4 is 10.6 Å². The number of hydrogen-bond donors (Lipinski definition) is 2. The average Bonchev–Trinajstić information content (AvgIpc) is 2.86. The number of non-ortho nitro benzene ring substituents is 1. The molecule has 2 aromatic rings. The van der Waals surface area contributed by atoms with Gasteiger partial charge in [-0.25, -0.2) is 4.98 Å². The molecule has 0 amide bonds. The molecule has 1 aromatic carbocycles. The fourth-order valence-corrected chi connectivity index (χ4v) is 2.79. The van der Waals surface area contributed by atoms with Gasteiger partial charge in [-0.3, -0.25) is 15.1 Å². The monoisotopic (exact) mass is 333 g/mol. The molecule has 23 heavy (non-hydrogen) atoms. The van der Waals surface area contributed by atoms with Crippen LogP contribution in [0.2, 0.25) is 0 Å². The van der Waals surface area contributed by atoms with Crippen molar-refractivity contribution >= 4 is 23.0 Å². The number of aryl methyl sites for hydroxylation is 2. The van der Waals surface area contributed by atoms with Crippen LogP contribution in [0.25, 0.3) is 0 Å². The van der Waals surface area contributed by atoms with Crippen molar-refractivity contribution in [2.45, 2.75) is 26.9 Å². The fraction of sp³-hybridized carbons (Fsp3) is 0.333. The van der Waals surface area contributed by atoms with Crippen molar-refractivity contribution in [2.24, 2.45) is 4.99 Å². The lowest BCUT2D eigenvalue weighted by Gasteiger charge is -2.10. The van der Waals surface area contributed by atoms with Crippen LogP contribution in [0.4, 0.5) is 5.69 Å². The molecular weight excluding hydrogens is 314 g/mol. The van der Waals surface area contributed by atoms with E-state index in [9.17, 15) is 10.1 Å². The van der Waals surface area contributed by atoms with Crippen LogP contribution >= 0.6 is 11.3 Å². The third-order valence-corrected chi connectivity index (χ3v) is 4.38. The standard InChI is InChI=1S/C15H19N5O2S/c1-10-11(2)23-14(19-10)9-18-15(16-3)17-8-12-4-6-13(7-5-12)20(21)22/h4-7H,8-9H2,1-3H3,(H2,16,17,18). The van der Waals surface area contributed by atoms with Crippen molar-refractivity contribution in [1.29, 1.82) is 0 Å². The van der Waals surface area contributed by atoms with E-state index < -0.39 is 4.92 Å². The highest BCUT2D eigenvalue weighted by Crippen LogP contribution is 2.16. The smallest absolute Gasteiger partial charge is 0.269 e. The largest absolute Gasteiger partial charge is 0.352 e. The minimum Gasteiger partial charge on any atom is -0.352 e. The van der Waals surface area contributed by atoms with Gasteiger partial charge < -0.3 is 10.6 Å². The Morgan fingerprint density at radius 2 is 1.91 bits per heavy atom. The second-order valence-electron chi connectivity index (χ2n) is 4.95. The quantitative estimate of drug-likeness (QED) is 0.380. The van der Waals surface area contributed by atoms with Crippen molar-refractivity contribution in [2.75, 3.05) is 7.05 Å². The van der Waals surface area contributed by atoms with E-state index in [1.54, 1.807) is 30.5 Å². The molecule has 7 nitrogen and oxygen atoms in total. The van der Waals surface area contributed by atoms with Gasteiger partial charge in [-0.1, -0.05) is 12.1 Å². The topological polar surface area (TPSA) is 92.5 Å². The Kier molecular flexibility index (Phi) is 5.64. The summed E-state index contributed by atoms with van der Waals surface area (Å²) in [5.41, 5.74) is 2.09. The third-order valence-electron chi connectivity index (χ3n) is 3.31. The molecule has 0 unspecified atom stereocenters. The lowest BCUT2D eigenvalue weighted by Crippen LogP contribution is -2.36. The summed E-state index contributed by atoms with van der Waals surface area (Å²) in [5, 5.41) is 18.0. The van der Waals surface area contributed by atoms with E-state index in [0.717, 1.165) is 16.3 Å². The highest BCUT2D eigenvalue weighted by atomic mass is 32.1. The van der Waals surface area contributed by atoms with Crippen LogP contribution in [0, 0.1) is 24.0 Å². The minimum absolute atomic E-state index is 0.0887. The minimum atomic E-state index is -0.407. The number of nitrogens with one attached hydrogen (secondary N) is 2. The van der Waals surface area contributed by atoms with Crippen molar-refractivity contribution < 1.29 is 4.92 Å². The molecule has 0 aliphatic carbocycles. The number of nitro groups is 1. The van der Waals surface area contributed by atoms with E-state index in [1.807, 2.05) is 6.92 Å². The number of rotatable bonds is 5. The molecular formula is C15H19N5O2S. The van der Waals surface area contributed by atoms with Crippen LogP contribution in [0.15, 0.2) is 29.3 Å². The molecule has 0 saturated carbocycles. The van der Waals surface area contributed by atoms with Gasteiger partial charge in [0, 0.05) is 30.6 Å². The van der Waals surface area contributed by atoms with Crippen LogP contribution in [-0.4, -0.2) is 22.9 Å². The first-order chi connectivity index (χ1) is 11.0. The zero-order valence-electron chi connectivity index (χ0n) is 13.3. The molecule has 0 atom stereocenters. The Morgan fingerprint density at radius 3 is 2.43 bits per heavy atom. The number of nitrogens with zero attached hydrogens (tertiary/aromatic N) is 3. The second kappa shape index (κ2) is 7.68. The van der Waals surface area contributed by atoms with Gasteiger partial charge in [-0.2, -0.15) is 0 Å². The molecule has 8 heteroatoms. The van der Waals surface area contributed by atoms with Crippen molar-refractivity contribution in [3.05, 3.63) is 55.5 Å².